The van der Waals surface area contributed by atoms with Crippen LogP contribution in [0.25, 0.3) is 0 Å². The van der Waals surface area contributed by atoms with Crippen molar-refractivity contribution in [2.75, 3.05) is 24.6 Å². The number of amides is 2. The highest BCUT2D eigenvalue weighted by molar-refractivity contribution is 6.02. The number of carbonyl (C=O) groups is 2. The average Bonchev–Trinajstić information content (AvgIpc) is 2.28. The standard InChI is InChI=1S/C12H14N2O3/c1-2-17-10-5-3-4-9(6-10)14-7-11(15)13-12(16)8-14/h3-6H,2,7-8H2,1H3,(H,13,15,16). The van der Waals surface area contributed by atoms with E-state index in [4.69, 9.17) is 4.74 Å². The summed E-state index contributed by atoms with van der Waals surface area (Å²) in [6.45, 7) is 2.88. The Morgan fingerprint density at radius 1 is 1.29 bits per heavy atom. The SMILES string of the molecule is CCOc1cccc(N2CC(=O)NC(=O)C2)c1. The molecule has 17 heavy (non-hydrogen) atoms. The summed E-state index contributed by atoms with van der Waals surface area (Å²) in [6, 6.07) is 7.37. The maximum atomic E-state index is 11.3. The largest absolute Gasteiger partial charge is 0.494 e. The fraction of sp³-hybridized carbons (Fsp3) is 0.333. The van der Waals surface area contributed by atoms with E-state index in [-0.39, 0.29) is 24.9 Å². The van der Waals surface area contributed by atoms with Gasteiger partial charge < -0.3 is 9.64 Å². The molecule has 1 aromatic rings. The number of piperazine rings is 1. The molecule has 90 valence electrons. The molecule has 2 amide bonds. The summed E-state index contributed by atoms with van der Waals surface area (Å²) >= 11 is 0. The van der Waals surface area contributed by atoms with Crippen molar-refractivity contribution in [3.05, 3.63) is 24.3 Å². The van der Waals surface area contributed by atoms with Gasteiger partial charge in [0.15, 0.2) is 0 Å². The predicted molar refractivity (Wildman–Crippen MR) is 63.0 cm³/mol. The van der Waals surface area contributed by atoms with Crippen LogP contribution in [-0.4, -0.2) is 31.5 Å². The predicted octanol–water partition coefficient (Wildman–Crippen LogP) is 0.548. The number of nitrogens with zero attached hydrogens (tertiary/aromatic N) is 1. The van der Waals surface area contributed by atoms with Crippen molar-refractivity contribution in [3.63, 3.8) is 0 Å². The van der Waals surface area contributed by atoms with Crippen molar-refractivity contribution >= 4 is 17.5 Å². The number of benzene rings is 1. The zero-order chi connectivity index (χ0) is 12.3. The number of ether oxygens (including phenoxy) is 1. The van der Waals surface area contributed by atoms with Gasteiger partial charge in [0.25, 0.3) is 0 Å². The van der Waals surface area contributed by atoms with E-state index >= 15 is 0 Å². The molecule has 0 aliphatic carbocycles. The fourth-order valence-electron chi connectivity index (χ4n) is 1.76. The molecule has 1 heterocycles. The molecule has 1 aliphatic rings. The molecule has 1 saturated heterocycles. The first-order valence-electron chi connectivity index (χ1n) is 5.49. The first-order valence-corrected chi connectivity index (χ1v) is 5.49. The van der Waals surface area contributed by atoms with Gasteiger partial charge in [0.1, 0.15) is 5.75 Å². The van der Waals surface area contributed by atoms with Gasteiger partial charge in [-0.2, -0.15) is 0 Å². The van der Waals surface area contributed by atoms with Gasteiger partial charge in [-0.05, 0) is 19.1 Å². The van der Waals surface area contributed by atoms with Crippen molar-refractivity contribution in [2.24, 2.45) is 0 Å². The van der Waals surface area contributed by atoms with E-state index in [1.165, 1.54) is 0 Å². The van der Waals surface area contributed by atoms with E-state index < -0.39 is 0 Å². The minimum Gasteiger partial charge on any atom is -0.494 e. The maximum Gasteiger partial charge on any atom is 0.246 e. The van der Waals surface area contributed by atoms with Crippen molar-refractivity contribution in [3.8, 4) is 5.75 Å². The number of anilines is 1. The minimum atomic E-state index is -0.275. The van der Waals surface area contributed by atoms with Crippen LogP contribution in [0.3, 0.4) is 0 Å². The highest BCUT2D eigenvalue weighted by Crippen LogP contribution is 2.21. The molecule has 1 aliphatic heterocycles. The quantitative estimate of drug-likeness (QED) is 0.776. The summed E-state index contributed by atoms with van der Waals surface area (Å²) < 4.78 is 5.38. The molecule has 5 nitrogen and oxygen atoms in total. The second kappa shape index (κ2) is 4.86. The number of hydrogen-bond donors (Lipinski definition) is 1. The third-order valence-electron chi connectivity index (χ3n) is 2.44. The maximum absolute atomic E-state index is 11.3. The number of hydrogen-bond acceptors (Lipinski definition) is 4. The third-order valence-corrected chi connectivity index (χ3v) is 2.44. The zero-order valence-electron chi connectivity index (χ0n) is 9.60. The van der Waals surface area contributed by atoms with Crippen LogP contribution in [0.4, 0.5) is 5.69 Å². The Morgan fingerprint density at radius 3 is 2.65 bits per heavy atom. The van der Waals surface area contributed by atoms with E-state index in [0.717, 1.165) is 11.4 Å². The third kappa shape index (κ3) is 2.75. The minimum absolute atomic E-state index is 0.196. The van der Waals surface area contributed by atoms with Crippen LogP contribution in [0.5, 0.6) is 5.75 Å². The summed E-state index contributed by atoms with van der Waals surface area (Å²) in [4.78, 5) is 24.3. The van der Waals surface area contributed by atoms with E-state index in [9.17, 15) is 9.59 Å². The highest BCUT2D eigenvalue weighted by atomic mass is 16.5. The lowest BCUT2D eigenvalue weighted by Gasteiger charge is -2.27. The summed E-state index contributed by atoms with van der Waals surface area (Å²) in [5, 5.41) is 2.27. The second-order valence-corrected chi connectivity index (χ2v) is 3.76. The molecular formula is C12H14N2O3. The van der Waals surface area contributed by atoms with Crippen LogP contribution >= 0.6 is 0 Å². The molecule has 5 heteroatoms. The number of imide groups is 1. The first kappa shape index (κ1) is 11.4. The van der Waals surface area contributed by atoms with Gasteiger partial charge in [0.2, 0.25) is 11.8 Å². The number of carbonyl (C=O) groups excluding carboxylic acids is 2. The Kier molecular flexibility index (Phi) is 3.27. The van der Waals surface area contributed by atoms with Crippen LogP contribution in [0.15, 0.2) is 24.3 Å². The second-order valence-electron chi connectivity index (χ2n) is 3.76. The van der Waals surface area contributed by atoms with Gasteiger partial charge in [0.05, 0.1) is 19.7 Å². The molecule has 0 aromatic heterocycles. The monoisotopic (exact) mass is 234 g/mol. The molecule has 0 bridgehead atoms. The van der Waals surface area contributed by atoms with Crippen LogP contribution in [0.1, 0.15) is 6.92 Å². The summed E-state index contributed by atoms with van der Waals surface area (Å²) in [5.74, 6) is 0.189. The Balaban J connectivity index is 2.18. The van der Waals surface area contributed by atoms with Gasteiger partial charge in [-0.15, -0.1) is 0 Å². The Bertz CT molecular complexity index is 429. The summed E-state index contributed by atoms with van der Waals surface area (Å²) in [5.41, 5.74) is 0.819. The molecule has 1 fully saturated rings. The van der Waals surface area contributed by atoms with E-state index in [2.05, 4.69) is 5.32 Å². The van der Waals surface area contributed by atoms with Crippen LogP contribution in [-0.2, 0) is 9.59 Å². The Hall–Kier alpha value is -2.04. The fourth-order valence-corrected chi connectivity index (χ4v) is 1.76. The molecule has 0 saturated carbocycles. The Labute approximate surface area is 99.4 Å². The molecule has 1 N–H and O–H groups in total. The molecule has 0 spiro atoms. The zero-order valence-corrected chi connectivity index (χ0v) is 9.60. The Morgan fingerprint density at radius 2 is 2.00 bits per heavy atom. The smallest absolute Gasteiger partial charge is 0.246 e. The molecule has 0 atom stereocenters. The topological polar surface area (TPSA) is 58.6 Å². The van der Waals surface area contributed by atoms with E-state index in [0.29, 0.717) is 6.61 Å². The van der Waals surface area contributed by atoms with Gasteiger partial charge in [-0.3, -0.25) is 14.9 Å². The van der Waals surface area contributed by atoms with E-state index in [1.807, 2.05) is 31.2 Å². The summed E-state index contributed by atoms with van der Waals surface area (Å²) in [6.07, 6.45) is 0. The van der Waals surface area contributed by atoms with Crippen molar-refractivity contribution in [1.29, 1.82) is 0 Å². The number of rotatable bonds is 3. The van der Waals surface area contributed by atoms with Crippen LogP contribution in [0, 0.1) is 0 Å². The van der Waals surface area contributed by atoms with Crippen molar-refractivity contribution in [2.45, 2.75) is 6.92 Å². The molecule has 2 rings (SSSR count). The molecule has 0 radical (unpaired) electrons. The van der Waals surface area contributed by atoms with E-state index in [1.54, 1.807) is 4.90 Å². The van der Waals surface area contributed by atoms with Crippen LogP contribution < -0.4 is 15.0 Å². The number of nitrogens with one attached hydrogen (secondary N) is 1. The highest BCUT2D eigenvalue weighted by Gasteiger charge is 2.22. The molecule has 1 aromatic carbocycles. The lowest BCUT2D eigenvalue weighted by molar-refractivity contribution is -0.130. The molecular weight excluding hydrogens is 220 g/mol. The van der Waals surface area contributed by atoms with Crippen molar-refractivity contribution < 1.29 is 14.3 Å². The van der Waals surface area contributed by atoms with Crippen molar-refractivity contribution in [1.82, 2.24) is 5.32 Å². The average molecular weight is 234 g/mol. The van der Waals surface area contributed by atoms with Gasteiger partial charge in [0, 0.05) is 11.8 Å². The van der Waals surface area contributed by atoms with Crippen LogP contribution in [0.2, 0.25) is 0 Å². The van der Waals surface area contributed by atoms with Gasteiger partial charge in [-0.25, -0.2) is 0 Å². The lowest BCUT2D eigenvalue weighted by Crippen LogP contribution is -2.51. The summed E-state index contributed by atoms with van der Waals surface area (Å²) in [7, 11) is 0. The normalized spacial score (nSPS) is 15.7. The molecule has 0 unspecified atom stereocenters. The van der Waals surface area contributed by atoms with Gasteiger partial charge in [-0.1, -0.05) is 6.07 Å². The van der Waals surface area contributed by atoms with Gasteiger partial charge >= 0.3 is 0 Å². The lowest BCUT2D eigenvalue weighted by atomic mass is 10.2. The first-order chi connectivity index (χ1) is 8.19.